The van der Waals surface area contributed by atoms with E-state index in [4.69, 9.17) is 0 Å². The van der Waals surface area contributed by atoms with Crippen LogP contribution in [-0.4, -0.2) is 6.54 Å². The number of benzene rings is 1. The molecule has 1 aromatic carbocycles. The summed E-state index contributed by atoms with van der Waals surface area (Å²) in [5.41, 5.74) is 2.65. The summed E-state index contributed by atoms with van der Waals surface area (Å²) in [5.74, 6) is 0. The maximum Gasteiger partial charge on any atom is 0.0684 e. The highest BCUT2D eigenvalue weighted by atomic mass is 79.9. The zero-order valence-electron chi connectivity index (χ0n) is 11.0. The van der Waals surface area contributed by atoms with Gasteiger partial charge in [-0.1, -0.05) is 44.8 Å². The Morgan fingerprint density at radius 1 is 1.26 bits per heavy atom. The van der Waals surface area contributed by atoms with Crippen molar-refractivity contribution in [1.29, 1.82) is 0 Å². The Morgan fingerprint density at radius 3 is 2.63 bits per heavy atom. The number of rotatable bonds is 5. The summed E-state index contributed by atoms with van der Waals surface area (Å²) in [7, 11) is 0. The minimum absolute atomic E-state index is 0.266. The zero-order valence-corrected chi connectivity index (χ0v) is 15.0. The average Bonchev–Trinajstić information content (AvgIpc) is 2.78. The van der Waals surface area contributed by atoms with E-state index < -0.39 is 0 Å². The van der Waals surface area contributed by atoms with Crippen LogP contribution in [-0.2, 0) is 0 Å². The van der Waals surface area contributed by atoms with Gasteiger partial charge < -0.3 is 5.32 Å². The van der Waals surface area contributed by atoms with Crippen LogP contribution in [0, 0.1) is 6.92 Å². The molecule has 2 rings (SSSR count). The molecule has 0 saturated heterocycles. The van der Waals surface area contributed by atoms with E-state index in [9.17, 15) is 0 Å². The highest BCUT2D eigenvalue weighted by Crippen LogP contribution is 2.34. The molecule has 1 unspecified atom stereocenters. The molecule has 19 heavy (non-hydrogen) atoms. The largest absolute Gasteiger partial charge is 0.306 e. The van der Waals surface area contributed by atoms with Gasteiger partial charge in [0.1, 0.15) is 0 Å². The first-order valence-corrected chi connectivity index (χ1v) is 8.82. The molecular weight excluding hydrogens is 386 g/mol. The fraction of sp³-hybridized carbons (Fsp3) is 0.333. The Kier molecular flexibility index (Phi) is 5.63. The average molecular weight is 403 g/mol. The quantitative estimate of drug-likeness (QED) is 0.679. The number of aryl methyl sites for hydroxylation is 1. The van der Waals surface area contributed by atoms with Crippen LogP contribution in [0.5, 0.6) is 0 Å². The Labute approximate surface area is 135 Å². The summed E-state index contributed by atoms with van der Waals surface area (Å²) < 4.78 is 2.24. The van der Waals surface area contributed by atoms with Crippen molar-refractivity contribution in [3.05, 3.63) is 54.6 Å². The number of halogens is 2. The molecule has 0 aliphatic carbocycles. The highest BCUT2D eigenvalue weighted by molar-refractivity contribution is 9.11. The molecule has 0 spiro atoms. The molecule has 0 amide bonds. The zero-order chi connectivity index (χ0) is 13.8. The lowest BCUT2D eigenvalue weighted by molar-refractivity contribution is 0.602. The van der Waals surface area contributed by atoms with Crippen molar-refractivity contribution in [2.75, 3.05) is 6.54 Å². The number of nitrogens with one attached hydrogen (secondary N) is 1. The van der Waals surface area contributed by atoms with Crippen LogP contribution in [0.2, 0.25) is 0 Å². The summed E-state index contributed by atoms with van der Waals surface area (Å²) in [6.07, 6.45) is 1.13. The molecule has 0 aliphatic heterocycles. The van der Waals surface area contributed by atoms with Crippen molar-refractivity contribution in [3.63, 3.8) is 0 Å². The van der Waals surface area contributed by atoms with Gasteiger partial charge in [-0.05, 0) is 54.6 Å². The monoisotopic (exact) mass is 401 g/mol. The van der Waals surface area contributed by atoms with E-state index in [1.165, 1.54) is 16.0 Å². The Morgan fingerprint density at radius 2 is 2.05 bits per heavy atom. The Bertz CT molecular complexity index is 551. The van der Waals surface area contributed by atoms with E-state index in [0.717, 1.165) is 21.9 Å². The van der Waals surface area contributed by atoms with Crippen molar-refractivity contribution < 1.29 is 0 Å². The van der Waals surface area contributed by atoms with Crippen molar-refractivity contribution in [3.8, 4) is 0 Å². The Hall–Kier alpha value is -0.160. The van der Waals surface area contributed by atoms with Gasteiger partial charge in [-0.3, -0.25) is 0 Å². The molecule has 1 aromatic heterocycles. The van der Waals surface area contributed by atoms with Gasteiger partial charge in [0.05, 0.1) is 6.04 Å². The first kappa shape index (κ1) is 15.2. The summed E-state index contributed by atoms with van der Waals surface area (Å²) in [5, 5.41) is 5.82. The number of hydrogen-bond donors (Lipinski definition) is 1. The molecular formula is C15H17Br2NS. The second-order valence-electron chi connectivity index (χ2n) is 4.52. The first-order valence-electron chi connectivity index (χ1n) is 6.35. The molecule has 102 valence electrons. The molecule has 1 N–H and O–H groups in total. The van der Waals surface area contributed by atoms with E-state index in [0.29, 0.717) is 0 Å². The lowest BCUT2D eigenvalue weighted by Gasteiger charge is -2.20. The van der Waals surface area contributed by atoms with Crippen LogP contribution >= 0.6 is 43.2 Å². The fourth-order valence-corrected chi connectivity index (χ4v) is 4.34. The lowest BCUT2D eigenvalue weighted by atomic mass is 10.0. The van der Waals surface area contributed by atoms with Gasteiger partial charge in [-0.15, -0.1) is 11.3 Å². The molecule has 0 bridgehead atoms. The minimum Gasteiger partial charge on any atom is -0.306 e. The number of hydrogen-bond acceptors (Lipinski definition) is 2. The third kappa shape index (κ3) is 3.69. The normalized spacial score (nSPS) is 12.6. The smallest absolute Gasteiger partial charge is 0.0684 e. The summed E-state index contributed by atoms with van der Waals surface area (Å²) in [4.78, 5) is 1.40. The SMILES string of the molecule is CCCNC(c1ccc(Br)cc1Br)c1sccc1C. The fourth-order valence-electron chi connectivity index (χ4n) is 2.05. The molecule has 1 nitrogen and oxygen atoms in total. The molecule has 0 radical (unpaired) electrons. The van der Waals surface area contributed by atoms with Gasteiger partial charge in [0.2, 0.25) is 0 Å². The molecule has 0 saturated carbocycles. The maximum absolute atomic E-state index is 3.68. The summed E-state index contributed by atoms with van der Waals surface area (Å²) in [6.45, 7) is 5.39. The molecule has 2 aromatic rings. The van der Waals surface area contributed by atoms with E-state index in [1.54, 1.807) is 0 Å². The predicted molar refractivity (Wildman–Crippen MR) is 91.0 cm³/mol. The van der Waals surface area contributed by atoms with Gasteiger partial charge >= 0.3 is 0 Å². The van der Waals surface area contributed by atoms with Crippen molar-refractivity contribution in [1.82, 2.24) is 5.32 Å². The van der Waals surface area contributed by atoms with Crippen LogP contribution in [0.3, 0.4) is 0 Å². The van der Waals surface area contributed by atoms with Crippen LogP contribution in [0.25, 0.3) is 0 Å². The maximum atomic E-state index is 3.68. The summed E-state index contributed by atoms with van der Waals surface area (Å²) >= 11 is 9.02. The number of thiophene rings is 1. The molecule has 0 aliphatic rings. The molecule has 4 heteroatoms. The van der Waals surface area contributed by atoms with Crippen molar-refractivity contribution in [2.24, 2.45) is 0 Å². The lowest BCUT2D eigenvalue weighted by Crippen LogP contribution is -2.23. The third-order valence-corrected chi connectivity index (χ3v) is 5.30. The van der Waals surface area contributed by atoms with Crippen LogP contribution in [0.1, 0.15) is 35.4 Å². The second-order valence-corrected chi connectivity index (χ2v) is 7.24. The van der Waals surface area contributed by atoms with Crippen molar-refractivity contribution in [2.45, 2.75) is 26.3 Å². The van der Waals surface area contributed by atoms with E-state index in [2.05, 4.69) is 80.7 Å². The molecule has 0 fully saturated rings. The highest BCUT2D eigenvalue weighted by Gasteiger charge is 2.19. The van der Waals surface area contributed by atoms with Gasteiger partial charge in [0, 0.05) is 13.8 Å². The molecule has 1 atom stereocenters. The van der Waals surface area contributed by atoms with Crippen molar-refractivity contribution >= 4 is 43.2 Å². The van der Waals surface area contributed by atoms with Crippen LogP contribution in [0.15, 0.2) is 38.6 Å². The van der Waals surface area contributed by atoms with E-state index in [-0.39, 0.29) is 6.04 Å². The third-order valence-electron chi connectivity index (χ3n) is 3.04. The standard InChI is InChI=1S/C15H17Br2NS/c1-3-7-18-14(15-10(2)6-8-19-15)12-5-4-11(16)9-13(12)17/h4-6,8-9,14,18H,3,7H2,1-2H3. The van der Waals surface area contributed by atoms with Gasteiger partial charge in [0.15, 0.2) is 0 Å². The van der Waals surface area contributed by atoms with Gasteiger partial charge in [-0.2, -0.15) is 0 Å². The first-order chi connectivity index (χ1) is 9.13. The molecule has 1 heterocycles. The second kappa shape index (κ2) is 7.02. The van der Waals surface area contributed by atoms with Gasteiger partial charge in [0.25, 0.3) is 0 Å². The van der Waals surface area contributed by atoms with Crippen LogP contribution < -0.4 is 5.32 Å². The van der Waals surface area contributed by atoms with E-state index >= 15 is 0 Å². The minimum atomic E-state index is 0.266. The van der Waals surface area contributed by atoms with Crippen LogP contribution in [0.4, 0.5) is 0 Å². The topological polar surface area (TPSA) is 12.0 Å². The van der Waals surface area contributed by atoms with E-state index in [1.807, 2.05) is 11.3 Å². The predicted octanol–water partition coefficient (Wildman–Crippen LogP) is 5.67. The summed E-state index contributed by atoms with van der Waals surface area (Å²) in [6, 6.07) is 8.85. The van der Waals surface area contributed by atoms with Gasteiger partial charge in [-0.25, -0.2) is 0 Å². The Balaban J connectivity index is 2.40.